The summed E-state index contributed by atoms with van der Waals surface area (Å²) in [5.74, 6) is 0. The zero-order valence-electron chi connectivity index (χ0n) is 15.0. The number of hydrogen-bond acceptors (Lipinski definition) is 12. The summed E-state index contributed by atoms with van der Waals surface area (Å²) in [6.07, 6.45) is 0. The van der Waals surface area contributed by atoms with Crippen LogP contribution in [-0.4, -0.2) is 22.0 Å². The molecule has 0 aromatic rings. The van der Waals surface area contributed by atoms with Gasteiger partial charge in [-0.2, -0.15) is 0 Å². The maximum atomic E-state index is 11.1. The van der Waals surface area contributed by atoms with E-state index in [9.17, 15) is 60.7 Å². The number of nitro groups is 6. The van der Waals surface area contributed by atoms with Gasteiger partial charge in [0.25, 0.3) is 0 Å². The topological polar surface area (TPSA) is 259 Å². The minimum absolute atomic E-state index is 0. The average Bonchev–Trinajstić information content (AvgIpc) is 2.29. The SMILES string of the molecule is O=[N+]([O-])[Rh-6]([Cl])([Cl])([Cl])([N+](=O)[O-])([N+](=O)[O-])([N+](=O)[O-])([N+](=O)[O-])[N+](=O)[O-].[K+].[K+].[K+].[K+].[K+].[K+]. The molecule has 0 saturated carbocycles. The molecule has 18 nitrogen and oxygen atoms in total. The summed E-state index contributed by atoms with van der Waals surface area (Å²) in [4.78, 5) is 66.6. The van der Waals surface area contributed by atoms with Crippen molar-refractivity contribution in [2.45, 2.75) is 0 Å². The summed E-state index contributed by atoms with van der Waals surface area (Å²) >= 11 is 0. The molecule has 28 heavy (non-hydrogen) atoms. The van der Waals surface area contributed by atoms with Gasteiger partial charge in [0.15, 0.2) is 0 Å². The summed E-state index contributed by atoms with van der Waals surface area (Å²) in [6, 6.07) is 0. The minimum Gasteiger partial charge on any atom is 1.00 e. The molecular weight excluding hydrogens is 720 g/mol. The van der Waals surface area contributed by atoms with E-state index in [-0.39, 0.29) is 308 Å². The molecule has 0 radical (unpaired) electrons. The van der Waals surface area contributed by atoms with Crippen molar-refractivity contribution >= 4 is 29.1 Å². The van der Waals surface area contributed by atoms with E-state index < -0.39 is 29.4 Å². The van der Waals surface area contributed by atoms with Crippen LogP contribution in [0.15, 0.2) is 0 Å². The zero-order chi connectivity index (χ0) is 18.8. The van der Waals surface area contributed by atoms with E-state index in [1.54, 1.807) is 0 Å². The first kappa shape index (κ1) is 52.2. The van der Waals surface area contributed by atoms with Crippen molar-refractivity contribution in [3.8, 4) is 0 Å². The van der Waals surface area contributed by atoms with Crippen molar-refractivity contribution in [1.82, 2.24) is 0 Å². The van der Waals surface area contributed by atoms with Crippen LogP contribution in [-0.2, 0) is 7.35 Å². The predicted octanol–water partition coefficient (Wildman–Crippen LogP) is -17.5. The Balaban J connectivity index is -0.000000147. The fourth-order valence-corrected chi connectivity index (χ4v) is 3.94. The standard InChI is InChI=1S/3ClH.6K.6NO2.Rh/c;;;;;;;;;6*2-1-3;/h3*1H;;;;;;;;;;;;;/q;;;6*+1;;;;;;;-3/p-3. The fraction of sp³-hybridized carbons (Fsp3) is 0. The van der Waals surface area contributed by atoms with Gasteiger partial charge in [-0.25, -0.2) is 0 Å². The van der Waals surface area contributed by atoms with Crippen LogP contribution < -0.4 is 308 Å². The molecule has 0 amide bonds. The van der Waals surface area contributed by atoms with Gasteiger partial charge >= 0.3 is 427 Å². The third kappa shape index (κ3) is 3.35. The van der Waals surface area contributed by atoms with E-state index in [0.717, 1.165) is 0 Å². The summed E-state index contributed by atoms with van der Waals surface area (Å²) in [7, 11) is -1.24. The third-order valence-electron chi connectivity index (χ3n) is 2.46. The van der Waals surface area contributed by atoms with E-state index in [1.165, 1.54) is 0 Å². The molecule has 0 spiro atoms. The van der Waals surface area contributed by atoms with Crippen LogP contribution in [0, 0.1) is 60.7 Å². The summed E-state index contributed by atoms with van der Waals surface area (Å²) in [6.45, 7) is 0. The molecule has 0 fully saturated rings. The van der Waals surface area contributed by atoms with Crippen LogP contribution >= 0.6 is 29.1 Å². The van der Waals surface area contributed by atoms with Crippen LogP contribution in [0.5, 0.6) is 0 Å². The number of hydrogen-bond donors (Lipinski definition) is 0. The second-order valence-electron chi connectivity index (χ2n) is 3.33. The van der Waals surface area contributed by atoms with E-state index in [0.29, 0.717) is 0 Å². The smallest absolute Gasteiger partial charge is 1.00 e. The Bertz CT molecular complexity index is 689. The van der Waals surface area contributed by atoms with Crippen LogP contribution in [0.4, 0.5) is 0 Å². The van der Waals surface area contributed by atoms with Crippen LogP contribution in [0.25, 0.3) is 0 Å². The zero-order valence-corrected chi connectivity index (χ0v) is 37.7. The summed E-state index contributed by atoms with van der Waals surface area (Å²) in [5, 5.41) is 66.6. The first-order valence-electron chi connectivity index (χ1n) is 3.46. The molecule has 0 unspecified atom stereocenters. The molecule has 0 N–H and O–H groups in total. The van der Waals surface area contributed by atoms with E-state index in [1.807, 2.05) is 0 Å². The molecule has 0 heterocycles. The van der Waals surface area contributed by atoms with Gasteiger partial charge in [-0.15, -0.1) is 0 Å². The third-order valence-corrected chi connectivity index (χ3v) is 24.4. The average molecular weight is 720 g/mol. The molecule has 0 aromatic heterocycles. The Morgan fingerprint density at radius 1 is 0.393 bits per heavy atom. The normalized spacial score (nSPS) is 16.6. The minimum atomic E-state index is -14.2. The maximum Gasteiger partial charge on any atom is 1.00 e. The second-order valence-corrected chi connectivity index (χ2v) is 36.3. The quantitative estimate of drug-likeness (QED) is 0.141. The Morgan fingerprint density at radius 3 is 0.464 bits per heavy atom. The second kappa shape index (κ2) is 10.4. The number of nitrogens with zero attached hydrogens (tertiary/aromatic N) is 6. The van der Waals surface area contributed by atoms with Gasteiger partial charge in [0.05, 0.1) is 0 Å². The van der Waals surface area contributed by atoms with Crippen molar-refractivity contribution in [2.24, 2.45) is 0 Å². The maximum absolute atomic E-state index is 14.2. The Labute approximate surface area is 413 Å². The van der Waals surface area contributed by atoms with E-state index in [2.05, 4.69) is 29.1 Å². The molecule has 0 atom stereocenters. The Hall–Kier alpha value is 7.71. The Morgan fingerprint density at radius 2 is 0.464 bits per heavy atom. The van der Waals surface area contributed by atoms with Crippen LogP contribution in [0.3, 0.4) is 0 Å². The van der Waals surface area contributed by atoms with Crippen molar-refractivity contribution in [3.05, 3.63) is 60.7 Å². The van der Waals surface area contributed by atoms with Gasteiger partial charge in [0, 0.05) is 0 Å². The van der Waals surface area contributed by atoms with Gasteiger partial charge in [-0.05, 0) is 0 Å². The monoisotopic (exact) mass is 718 g/mol. The van der Waals surface area contributed by atoms with Crippen LogP contribution in [0.1, 0.15) is 0 Å². The fourth-order valence-electron chi connectivity index (χ4n) is 0.667. The molecule has 0 bridgehead atoms. The van der Waals surface area contributed by atoms with E-state index >= 15 is 0 Å². The van der Waals surface area contributed by atoms with Crippen molar-refractivity contribution in [2.75, 3.05) is 0 Å². The molecule has 138 valence electrons. The van der Waals surface area contributed by atoms with Crippen LogP contribution in [0.2, 0.25) is 0 Å². The van der Waals surface area contributed by atoms with Crippen molar-refractivity contribution in [3.63, 3.8) is 0 Å². The summed E-state index contributed by atoms with van der Waals surface area (Å²) in [5.41, 5.74) is 0. The van der Waals surface area contributed by atoms with Gasteiger partial charge in [0.1, 0.15) is 0 Å². The molecule has 0 aliphatic carbocycles. The van der Waals surface area contributed by atoms with E-state index in [4.69, 9.17) is 0 Å². The first-order valence-corrected chi connectivity index (χ1v) is 14.2. The molecule has 0 aliphatic heterocycles. The summed E-state index contributed by atoms with van der Waals surface area (Å²) < 4.78 is -23.4. The van der Waals surface area contributed by atoms with Crippen molar-refractivity contribution in [1.29, 1.82) is 0 Å². The first-order chi connectivity index (χ1) is 9.08. The Kier molecular flexibility index (Phi) is 19.3. The molecule has 0 saturated heterocycles. The van der Waals surface area contributed by atoms with Gasteiger partial charge < -0.3 is 0 Å². The molecular formula is Cl3K6N6O12Rh. The van der Waals surface area contributed by atoms with Crippen molar-refractivity contribution < 1.29 is 338 Å². The molecule has 0 aliphatic rings. The van der Waals surface area contributed by atoms with Gasteiger partial charge in [0.2, 0.25) is 0 Å². The van der Waals surface area contributed by atoms with Gasteiger partial charge in [-0.3, -0.25) is 0 Å². The number of rotatable bonds is 6. The molecule has 0 aromatic carbocycles. The van der Waals surface area contributed by atoms with Gasteiger partial charge in [-0.1, -0.05) is 0 Å². The largest absolute Gasteiger partial charge is 1.00 e. The predicted molar refractivity (Wildman–Crippen MR) is 59.5 cm³/mol. The number of halogens is 3. The molecule has 28 heteroatoms. The molecule has 0 rings (SSSR count).